The minimum absolute atomic E-state index is 0.0157. The Morgan fingerprint density at radius 3 is 2.33 bits per heavy atom. The van der Waals surface area contributed by atoms with Gasteiger partial charge in [-0.1, -0.05) is 52.7 Å². The van der Waals surface area contributed by atoms with Gasteiger partial charge in [-0.2, -0.15) is 0 Å². The third kappa shape index (κ3) is 4.92. The van der Waals surface area contributed by atoms with E-state index in [1.165, 1.54) is 0 Å². The van der Waals surface area contributed by atoms with E-state index in [1.54, 1.807) is 0 Å². The minimum Gasteiger partial charge on any atom is -0.461 e. The number of ether oxygens (including phenoxy) is 1. The number of carbonyl (C=O) groups is 2. The Morgan fingerprint density at radius 2 is 1.88 bits per heavy atom. The van der Waals surface area contributed by atoms with Gasteiger partial charge in [-0.15, -0.1) is 0 Å². The molecule has 1 rings (SSSR count). The van der Waals surface area contributed by atoms with Crippen molar-refractivity contribution in [2.45, 2.75) is 73.5 Å². The van der Waals surface area contributed by atoms with Gasteiger partial charge < -0.3 is 9.84 Å². The molecule has 4 nitrogen and oxygen atoms in total. The fourth-order valence-electron chi connectivity index (χ4n) is 3.53. The average Bonchev–Trinajstić information content (AvgIpc) is 2.55. The summed E-state index contributed by atoms with van der Waals surface area (Å²) in [5.41, 5.74) is 1.13. The van der Waals surface area contributed by atoms with E-state index in [1.807, 2.05) is 47.6 Å². The van der Waals surface area contributed by atoms with Gasteiger partial charge in [0.1, 0.15) is 11.9 Å². The number of rotatable bonds is 9. The fraction of sp³-hybridized carbons (Fsp3) is 0.800. The van der Waals surface area contributed by atoms with Crippen molar-refractivity contribution in [3.8, 4) is 0 Å². The zero-order chi connectivity index (χ0) is 18.6. The maximum absolute atomic E-state index is 12.5. The Hall–Kier alpha value is -1.16. The van der Waals surface area contributed by atoms with Crippen molar-refractivity contribution in [1.29, 1.82) is 0 Å². The van der Waals surface area contributed by atoms with Gasteiger partial charge in [-0.25, -0.2) is 0 Å². The van der Waals surface area contributed by atoms with E-state index >= 15 is 0 Å². The molecular formula is C20H34O4. The molecule has 1 unspecified atom stereocenters. The van der Waals surface area contributed by atoms with Crippen molar-refractivity contribution in [3.05, 3.63) is 11.6 Å². The molecular weight excluding hydrogens is 304 g/mol. The number of ketones is 1. The molecule has 0 spiro atoms. The molecule has 24 heavy (non-hydrogen) atoms. The van der Waals surface area contributed by atoms with Crippen LogP contribution in [0.2, 0.25) is 0 Å². The van der Waals surface area contributed by atoms with Gasteiger partial charge >= 0.3 is 5.97 Å². The van der Waals surface area contributed by atoms with Crippen LogP contribution in [0.4, 0.5) is 0 Å². The molecule has 1 heterocycles. The summed E-state index contributed by atoms with van der Waals surface area (Å²) in [6, 6.07) is 0. The summed E-state index contributed by atoms with van der Waals surface area (Å²) >= 11 is 0. The van der Waals surface area contributed by atoms with Crippen LogP contribution in [0, 0.1) is 29.6 Å². The van der Waals surface area contributed by atoms with Gasteiger partial charge in [0, 0.05) is 11.8 Å². The molecule has 1 aliphatic rings. The molecule has 0 radical (unpaired) electrons. The van der Waals surface area contributed by atoms with E-state index in [0.29, 0.717) is 0 Å². The first-order valence-electron chi connectivity index (χ1n) is 9.19. The zero-order valence-electron chi connectivity index (χ0n) is 16.2. The Bertz CT molecular complexity index is 482. The minimum atomic E-state index is -0.590. The Balaban J connectivity index is 2.60. The second-order valence-electron chi connectivity index (χ2n) is 7.74. The molecule has 0 aromatic heterocycles. The third-order valence-electron chi connectivity index (χ3n) is 5.49. The molecule has 0 saturated carbocycles. The highest BCUT2D eigenvalue weighted by Gasteiger charge is 2.41. The summed E-state index contributed by atoms with van der Waals surface area (Å²) in [5.74, 6) is -0.271. The van der Waals surface area contributed by atoms with Crippen LogP contribution in [0.1, 0.15) is 61.3 Å². The number of hydrogen-bond donors (Lipinski definition) is 1. The van der Waals surface area contributed by atoms with Crippen LogP contribution in [0.5, 0.6) is 0 Å². The van der Waals surface area contributed by atoms with Crippen molar-refractivity contribution in [3.63, 3.8) is 0 Å². The molecule has 1 N–H and O–H groups in total. The monoisotopic (exact) mass is 338 g/mol. The molecule has 0 aromatic carbocycles. The van der Waals surface area contributed by atoms with Crippen molar-refractivity contribution in [1.82, 2.24) is 0 Å². The highest BCUT2D eigenvalue weighted by Crippen LogP contribution is 2.32. The largest absolute Gasteiger partial charge is 0.461 e. The van der Waals surface area contributed by atoms with Crippen LogP contribution in [-0.4, -0.2) is 29.1 Å². The summed E-state index contributed by atoms with van der Waals surface area (Å²) in [5, 5.41) is 10.3. The van der Waals surface area contributed by atoms with Gasteiger partial charge in [-0.3, -0.25) is 9.59 Å². The van der Waals surface area contributed by atoms with E-state index < -0.39 is 6.10 Å². The van der Waals surface area contributed by atoms with E-state index in [9.17, 15) is 14.7 Å². The molecule has 1 aliphatic heterocycles. The smallest absolute Gasteiger partial charge is 0.312 e. The molecule has 1 saturated heterocycles. The molecule has 0 aromatic rings. The maximum atomic E-state index is 12.5. The average molecular weight is 338 g/mol. The van der Waals surface area contributed by atoms with Crippen LogP contribution in [0.3, 0.4) is 0 Å². The lowest BCUT2D eigenvalue weighted by atomic mass is 9.82. The zero-order valence-corrected chi connectivity index (χ0v) is 16.2. The highest BCUT2D eigenvalue weighted by molar-refractivity contribution is 5.85. The van der Waals surface area contributed by atoms with E-state index in [2.05, 4.69) is 6.92 Å². The highest BCUT2D eigenvalue weighted by atomic mass is 16.6. The SMILES string of the molecule is CC[C@H](C)[C@@H](O)[C@H](C)C(=O)[C@H](C)/C=C(\C)C[C@H](C)C1OC(=O)[C@H]1C. The van der Waals surface area contributed by atoms with E-state index in [0.717, 1.165) is 18.4 Å². The van der Waals surface area contributed by atoms with E-state index in [4.69, 9.17) is 4.74 Å². The van der Waals surface area contributed by atoms with Gasteiger partial charge in [-0.05, 0) is 32.1 Å². The molecule has 0 aliphatic carbocycles. The summed E-state index contributed by atoms with van der Waals surface area (Å²) in [4.78, 5) is 23.8. The molecule has 4 heteroatoms. The van der Waals surface area contributed by atoms with Gasteiger partial charge in [0.25, 0.3) is 0 Å². The van der Waals surface area contributed by atoms with Crippen LogP contribution in [-0.2, 0) is 14.3 Å². The summed E-state index contributed by atoms with van der Waals surface area (Å²) in [6.07, 6.45) is 3.05. The first kappa shape index (κ1) is 20.9. The Kier molecular flexibility index (Phi) is 7.65. The quantitative estimate of drug-likeness (QED) is 0.513. The van der Waals surface area contributed by atoms with Crippen LogP contribution in [0.15, 0.2) is 11.6 Å². The number of hydrogen-bond acceptors (Lipinski definition) is 4. The summed E-state index contributed by atoms with van der Waals surface area (Å²) in [7, 11) is 0. The topological polar surface area (TPSA) is 63.6 Å². The maximum Gasteiger partial charge on any atom is 0.312 e. The predicted molar refractivity (Wildman–Crippen MR) is 95.4 cm³/mol. The molecule has 0 amide bonds. The number of cyclic esters (lactones) is 1. The first-order chi connectivity index (χ1) is 11.1. The second kappa shape index (κ2) is 8.80. The normalized spacial score (nSPS) is 27.5. The number of Topliss-reactive ketones (excluding diaryl/α,β-unsaturated/α-hetero) is 1. The lowest BCUT2D eigenvalue weighted by Gasteiger charge is -2.37. The van der Waals surface area contributed by atoms with Crippen molar-refractivity contribution in [2.75, 3.05) is 0 Å². The van der Waals surface area contributed by atoms with Crippen LogP contribution >= 0.6 is 0 Å². The Morgan fingerprint density at radius 1 is 1.29 bits per heavy atom. The van der Waals surface area contributed by atoms with Crippen molar-refractivity contribution < 1.29 is 19.4 Å². The predicted octanol–water partition coefficient (Wildman–Crippen LogP) is 3.77. The molecule has 0 bridgehead atoms. The number of aliphatic hydroxyl groups is 1. The van der Waals surface area contributed by atoms with Gasteiger partial charge in [0.2, 0.25) is 0 Å². The third-order valence-corrected chi connectivity index (χ3v) is 5.49. The van der Waals surface area contributed by atoms with E-state index in [-0.39, 0.29) is 47.4 Å². The lowest BCUT2D eigenvalue weighted by Crippen LogP contribution is -2.47. The Labute approximate surface area is 146 Å². The fourth-order valence-corrected chi connectivity index (χ4v) is 3.53. The van der Waals surface area contributed by atoms with Gasteiger partial charge in [0.05, 0.1) is 12.0 Å². The summed E-state index contributed by atoms with van der Waals surface area (Å²) < 4.78 is 5.21. The van der Waals surface area contributed by atoms with Gasteiger partial charge in [0.15, 0.2) is 0 Å². The molecule has 138 valence electrons. The van der Waals surface area contributed by atoms with Crippen molar-refractivity contribution >= 4 is 11.8 Å². The molecule has 7 atom stereocenters. The van der Waals surface area contributed by atoms with Crippen LogP contribution < -0.4 is 0 Å². The second-order valence-corrected chi connectivity index (χ2v) is 7.74. The lowest BCUT2D eigenvalue weighted by molar-refractivity contribution is -0.188. The van der Waals surface area contributed by atoms with Crippen LogP contribution in [0.25, 0.3) is 0 Å². The number of aliphatic hydroxyl groups excluding tert-OH is 1. The first-order valence-corrected chi connectivity index (χ1v) is 9.19. The number of carbonyl (C=O) groups excluding carboxylic acids is 2. The standard InChI is InChI=1S/C20H34O4/c1-8-12(3)17(21)15(6)18(22)13(4)9-11(2)10-14(5)19-16(7)20(23)24-19/h9,12-17,19,21H,8,10H2,1-7H3/b11-9+/t12-,13+,14-,15-,16-,17+,19?/m0/s1. The molecule has 1 fully saturated rings. The number of allylic oxidation sites excluding steroid dienone is 2. The summed E-state index contributed by atoms with van der Waals surface area (Å²) in [6.45, 7) is 13.7. The van der Waals surface area contributed by atoms with Crippen molar-refractivity contribution in [2.24, 2.45) is 29.6 Å². The number of esters is 1.